The number of rotatable bonds is 4. The fourth-order valence-corrected chi connectivity index (χ4v) is 4.20. The van der Waals surface area contributed by atoms with Gasteiger partial charge in [0, 0.05) is 31.1 Å². The molecule has 2 aliphatic rings. The summed E-state index contributed by atoms with van der Waals surface area (Å²) in [5.74, 6) is 1.05. The highest BCUT2D eigenvalue weighted by Crippen LogP contribution is 2.28. The van der Waals surface area contributed by atoms with Crippen molar-refractivity contribution in [1.29, 1.82) is 0 Å². The molecule has 0 bridgehead atoms. The summed E-state index contributed by atoms with van der Waals surface area (Å²) in [6.07, 6.45) is 4.92. The minimum atomic E-state index is -0.000499. The molecule has 0 aromatic heterocycles. The number of carbonyl (C=O) groups excluding carboxylic acids is 2. The predicted molar refractivity (Wildman–Crippen MR) is 101 cm³/mol. The summed E-state index contributed by atoms with van der Waals surface area (Å²) >= 11 is 0. The van der Waals surface area contributed by atoms with Gasteiger partial charge in [-0.05, 0) is 58.1 Å². The topological polar surface area (TPSA) is 49.9 Å². The van der Waals surface area contributed by atoms with Gasteiger partial charge in [0.1, 0.15) is 5.75 Å². The molecule has 2 saturated heterocycles. The van der Waals surface area contributed by atoms with E-state index in [1.807, 2.05) is 35.2 Å². The van der Waals surface area contributed by atoms with E-state index in [9.17, 15) is 9.59 Å². The zero-order valence-electron chi connectivity index (χ0n) is 15.9. The second kappa shape index (κ2) is 8.56. The number of para-hydroxylation sites is 1. The van der Waals surface area contributed by atoms with Gasteiger partial charge in [0.2, 0.25) is 5.91 Å². The Morgan fingerprint density at radius 3 is 2.23 bits per heavy atom. The molecular formula is C21H30N2O3. The summed E-state index contributed by atoms with van der Waals surface area (Å²) in [5.41, 5.74) is 0. The maximum atomic E-state index is 13.0. The average Bonchev–Trinajstić information content (AvgIpc) is 2.67. The normalized spacial score (nSPS) is 24.4. The second-order valence-corrected chi connectivity index (χ2v) is 7.63. The third-order valence-corrected chi connectivity index (χ3v) is 5.75. The summed E-state index contributed by atoms with van der Waals surface area (Å²) in [6, 6.07) is 10.1. The molecule has 2 fully saturated rings. The Bertz CT molecular complexity index is 601. The van der Waals surface area contributed by atoms with Crippen molar-refractivity contribution < 1.29 is 14.3 Å². The first-order chi connectivity index (χ1) is 12.6. The van der Waals surface area contributed by atoms with Crippen LogP contribution in [0, 0.1) is 5.92 Å². The quantitative estimate of drug-likeness (QED) is 0.831. The number of piperidine rings is 2. The van der Waals surface area contributed by atoms with E-state index in [0.29, 0.717) is 30.9 Å². The van der Waals surface area contributed by atoms with Crippen LogP contribution in [-0.4, -0.2) is 53.4 Å². The molecule has 5 heteroatoms. The molecule has 0 spiro atoms. The van der Waals surface area contributed by atoms with Gasteiger partial charge in [0.25, 0.3) is 5.91 Å². The molecule has 142 valence electrons. The molecular weight excluding hydrogens is 328 g/mol. The summed E-state index contributed by atoms with van der Waals surface area (Å²) in [5, 5.41) is 0. The van der Waals surface area contributed by atoms with E-state index in [2.05, 4.69) is 18.7 Å². The fourth-order valence-electron chi connectivity index (χ4n) is 4.20. The van der Waals surface area contributed by atoms with Crippen molar-refractivity contribution in [1.82, 2.24) is 9.80 Å². The van der Waals surface area contributed by atoms with Crippen LogP contribution in [0.2, 0.25) is 0 Å². The van der Waals surface area contributed by atoms with Gasteiger partial charge in [0.15, 0.2) is 6.61 Å². The number of nitrogens with zero attached hydrogens (tertiary/aromatic N) is 2. The molecule has 1 aromatic rings. The van der Waals surface area contributed by atoms with Crippen LogP contribution in [0.25, 0.3) is 0 Å². The van der Waals surface area contributed by atoms with Crippen LogP contribution in [0.3, 0.4) is 0 Å². The van der Waals surface area contributed by atoms with Crippen LogP contribution in [0.15, 0.2) is 30.3 Å². The van der Waals surface area contributed by atoms with Gasteiger partial charge >= 0.3 is 0 Å². The van der Waals surface area contributed by atoms with E-state index in [-0.39, 0.29) is 24.3 Å². The fraction of sp³-hybridized carbons (Fsp3) is 0.619. The summed E-state index contributed by atoms with van der Waals surface area (Å²) in [4.78, 5) is 29.2. The zero-order valence-corrected chi connectivity index (χ0v) is 15.9. The Morgan fingerprint density at radius 2 is 1.62 bits per heavy atom. The highest BCUT2D eigenvalue weighted by atomic mass is 16.5. The zero-order chi connectivity index (χ0) is 18.5. The molecule has 26 heavy (non-hydrogen) atoms. The number of likely N-dealkylation sites (tertiary alicyclic amines) is 2. The number of ether oxygens (including phenoxy) is 1. The minimum absolute atomic E-state index is 0.000499. The molecule has 0 N–H and O–H groups in total. The third kappa shape index (κ3) is 4.37. The molecule has 3 rings (SSSR count). The maximum absolute atomic E-state index is 13.0. The predicted octanol–water partition coefficient (Wildman–Crippen LogP) is 3.09. The first-order valence-electron chi connectivity index (χ1n) is 9.84. The Morgan fingerprint density at radius 1 is 1.00 bits per heavy atom. The first-order valence-corrected chi connectivity index (χ1v) is 9.84. The summed E-state index contributed by atoms with van der Waals surface area (Å²) < 4.78 is 5.55. The Kier molecular flexibility index (Phi) is 6.17. The largest absolute Gasteiger partial charge is 0.484 e. The Balaban J connectivity index is 1.47. The van der Waals surface area contributed by atoms with Crippen LogP contribution < -0.4 is 4.74 Å². The number of benzene rings is 1. The smallest absolute Gasteiger partial charge is 0.260 e. The van der Waals surface area contributed by atoms with Crippen LogP contribution in [0.1, 0.15) is 46.0 Å². The van der Waals surface area contributed by atoms with Crippen LogP contribution in [-0.2, 0) is 9.59 Å². The maximum Gasteiger partial charge on any atom is 0.260 e. The molecule has 2 heterocycles. The van der Waals surface area contributed by atoms with E-state index in [0.717, 1.165) is 25.7 Å². The molecule has 0 aliphatic carbocycles. The van der Waals surface area contributed by atoms with E-state index >= 15 is 0 Å². The van der Waals surface area contributed by atoms with Crippen molar-refractivity contribution in [3.63, 3.8) is 0 Å². The lowest BCUT2D eigenvalue weighted by atomic mass is 9.90. The molecule has 2 amide bonds. The van der Waals surface area contributed by atoms with Gasteiger partial charge in [-0.1, -0.05) is 18.2 Å². The number of carbonyl (C=O) groups is 2. The van der Waals surface area contributed by atoms with Gasteiger partial charge in [-0.15, -0.1) is 0 Å². The van der Waals surface area contributed by atoms with Crippen molar-refractivity contribution in [2.45, 2.75) is 58.0 Å². The van der Waals surface area contributed by atoms with Crippen LogP contribution in [0.5, 0.6) is 5.75 Å². The SMILES string of the molecule is CC1CCCC(C)N1C(=O)C1CCN(C(=O)COc2ccccc2)CC1. The van der Waals surface area contributed by atoms with Gasteiger partial charge < -0.3 is 14.5 Å². The van der Waals surface area contributed by atoms with Crippen molar-refractivity contribution >= 4 is 11.8 Å². The van der Waals surface area contributed by atoms with Crippen molar-refractivity contribution in [2.24, 2.45) is 5.92 Å². The number of hydrogen-bond acceptors (Lipinski definition) is 3. The van der Waals surface area contributed by atoms with Gasteiger partial charge in [0.05, 0.1) is 0 Å². The van der Waals surface area contributed by atoms with Crippen LogP contribution in [0.4, 0.5) is 0 Å². The first kappa shape index (κ1) is 18.7. The molecule has 0 radical (unpaired) electrons. The molecule has 2 unspecified atom stereocenters. The van der Waals surface area contributed by atoms with Crippen molar-refractivity contribution in [3.05, 3.63) is 30.3 Å². The standard InChI is InChI=1S/C21H30N2O3/c1-16-7-6-8-17(2)23(16)21(25)18-11-13-22(14-12-18)20(24)15-26-19-9-4-3-5-10-19/h3-5,9-10,16-18H,6-8,11-15H2,1-2H3. The number of amides is 2. The van der Waals surface area contributed by atoms with E-state index in [4.69, 9.17) is 4.74 Å². The van der Waals surface area contributed by atoms with Gasteiger partial charge in [-0.3, -0.25) is 9.59 Å². The molecule has 1 aromatic carbocycles. The Labute approximate surface area is 156 Å². The third-order valence-electron chi connectivity index (χ3n) is 5.75. The van der Waals surface area contributed by atoms with Gasteiger partial charge in [-0.25, -0.2) is 0 Å². The van der Waals surface area contributed by atoms with E-state index in [1.165, 1.54) is 6.42 Å². The monoisotopic (exact) mass is 358 g/mol. The molecule has 0 saturated carbocycles. The molecule has 2 aliphatic heterocycles. The lowest BCUT2D eigenvalue weighted by Gasteiger charge is -2.42. The lowest BCUT2D eigenvalue weighted by Crippen LogP contribution is -2.52. The molecule has 2 atom stereocenters. The number of hydrogen-bond donors (Lipinski definition) is 0. The second-order valence-electron chi connectivity index (χ2n) is 7.63. The lowest BCUT2D eigenvalue weighted by molar-refractivity contribution is -0.146. The van der Waals surface area contributed by atoms with E-state index in [1.54, 1.807) is 0 Å². The average molecular weight is 358 g/mol. The van der Waals surface area contributed by atoms with Gasteiger partial charge in [-0.2, -0.15) is 0 Å². The van der Waals surface area contributed by atoms with E-state index < -0.39 is 0 Å². The summed E-state index contributed by atoms with van der Waals surface area (Å²) in [7, 11) is 0. The molecule has 5 nitrogen and oxygen atoms in total. The Hall–Kier alpha value is -2.04. The van der Waals surface area contributed by atoms with Crippen LogP contribution >= 0.6 is 0 Å². The van der Waals surface area contributed by atoms with Crippen molar-refractivity contribution in [3.8, 4) is 5.75 Å². The van der Waals surface area contributed by atoms with Crippen molar-refractivity contribution in [2.75, 3.05) is 19.7 Å². The highest BCUT2D eigenvalue weighted by Gasteiger charge is 2.35. The highest BCUT2D eigenvalue weighted by molar-refractivity contribution is 5.81. The summed E-state index contributed by atoms with van der Waals surface area (Å²) in [6.45, 7) is 5.66. The minimum Gasteiger partial charge on any atom is -0.484 e.